The highest BCUT2D eigenvalue weighted by Gasteiger charge is 2.16. The Hall–Kier alpha value is -3.04. The number of carbonyl (C=O) groups is 1. The molecule has 0 spiro atoms. The van der Waals surface area contributed by atoms with Crippen molar-refractivity contribution in [1.82, 2.24) is 9.97 Å². The van der Waals surface area contributed by atoms with E-state index in [1.165, 1.54) is 17.4 Å². The van der Waals surface area contributed by atoms with Crippen LogP contribution in [0.15, 0.2) is 57.8 Å². The van der Waals surface area contributed by atoms with Crippen molar-refractivity contribution in [2.75, 3.05) is 11.6 Å². The number of amides is 1. The number of nitrogens with one attached hydrogen (secondary N) is 1. The van der Waals surface area contributed by atoms with Gasteiger partial charge in [-0.2, -0.15) is 0 Å². The van der Waals surface area contributed by atoms with E-state index >= 15 is 0 Å². The quantitative estimate of drug-likeness (QED) is 0.519. The van der Waals surface area contributed by atoms with E-state index in [0.29, 0.717) is 32.7 Å². The van der Waals surface area contributed by atoms with Gasteiger partial charge in [-0.3, -0.25) is 4.79 Å². The van der Waals surface area contributed by atoms with Crippen LogP contribution in [-0.2, 0) is 21.1 Å². The van der Waals surface area contributed by atoms with Gasteiger partial charge in [0.25, 0.3) is 0 Å². The molecule has 2 aromatic carbocycles. The van der Waals surface area contributed by atoms with Gasteiger partial charge in [0.15, 0.2) is 15.0 Å². The average molecular weight is 428 g/mol. The first-order chi connectivity index (χ1) is 13.8. The molecule has 0 aliphatic carbocycles. The third kappa shape index (κ3) is 4.20. The maximum atomic E-state index is 12.5. The van der Waals surface area contributed by atoms with Crippen LogP contribution < -0.4 is 5.32 Å². The van der Waals surface area contributed by atoms with Gasteiger partial charge in [-0.05, 0) is 37.3 Å². The summed E-state index contributed by atoms with van der Waals surface area (Å²) in [6.07, 6.45) is 1.20. The van der Waals surface area contributed by atoms with Crippen LogP contribution >= 0.6 is 11.3 Å². The van der Waals surface area contributed by atoms with E-state index in [4.69, 9.17) is 4.42 Å². The Morgan fingerprint density at radius 3 is 2.62 bits per heavy atom. The van der Waals surface area contributed by atoms with Gasteiger partial charge in [0, 0.05) is 11.8 Å². The normalized spacial score (nSPS) is 11.7. The van der Waals surface area contributed by atoms with Crippen LogP contribution in [0.3, 0.4) is 0 Å². The van der Waals surface area contributed by atoms with E-state index in [0.717, 1.165) is 11.8 Å². The fraction of sp³-hybridized carbons (Fsp3) is 0.150. The van der Waals surface area contributed by atoms with Crippen LogP contribution in [0.5, 0.6) is 0 Å². The number of fused-ring (bicyclic) bond motifs is 1. The highest BCUT2D eigenvalue weighted by Crippen LogP contribution is 2.28. The van der Waals surface area contributed by atoms with Gasteiger partial charge < -0.3 is 9.73 Å². The Morgan fingerprint density at radius 2 is 1.90 bits per heavy atom. The number of hydrogen-bond acceptors (Lipinski definition) is 7. The van der Waals surface area contributed by atoms with Crippen molar-refractivity contribution in [1.29, 1.82) is 0 Å². The van der Waals surface area contributed by atoms with E-state index < -0.39 is 9.84 Å². The Labute approximate surface area is 171 Å². The summed E-state index contributed by atoms with van der Waals surface area (Å²) < 4.78 is 29.8. The summed E-state index contributed by atoms with van der Waals surface area (Å²) in [5.41, 5.74) is 2.03. The molecule has 0 atom stereocenters. The molecule has 0 radical (unpaired) electrons. The lowest BCUT2D eigenvalue weighted by molar-refractivity contribution is -0.115. The number of benzene rings is 2. The molecule has 9 heteroatoms. The number of aryl methyl sites for hydroxylation is 1. The number of anilines is 1. The number of carbonyl (C=O) groups excluding carboxylic acids is 1. The summed E-state index contributed by atoms with van der Waals surface area (Å²) in [7, 11) is -3.30. The molecule has 1 amide bonds. The zero-order chi connectivity index (χ0) is 20.6. The van der Waals surface area contributed by atoms with Crippen molar-refractivity contribution in [2.45, 2.75) is 18.2 Å². The molecule has 0 aliphatic rings. The molecule has 2 aromatic heterocycles. The second-order valence-electron chi connectivity index (χ2n) is 6.53. The number of rotatable bonds is 5. The SMILES string of the molecule is Cc1oc(-c2ccccc2)nc1CC(=O)Nc1nc2ccc(S(C)(=O)=O)cc2s1. The van der Waals surface area contributed by atoms with E-state index in [9.17, 15) is 13.2 Å². The fourth-order valence-corrected chi connectivity index (χ4v) is 4.44. The number of oxazole rings is 1. The first-order valence-corrected chi connectivity index (χ1v) is 11.4. The van der Waals surface area contributed by atoms with Crippen molar-refractivity contribution >= 4 is 42.4 Å². The minimum absolute atomic E-state index is 0.0483. The van der Waals surface area contributed by atoms with E-state index in [2.05, 4.69) is 15.3 Å². The molecule has 148 valence electrons. The molecule has 2 heterocycles. The second kappa shape index (κ2) is 7.41. The lowest BCUT2D eigenvalue weighted by Gasteiger charge is -1.99. The minimum Gasteiger partial charge on any atom is -0.441 e. The van der Waals surface area contributed by atoms with Crippen LogP contribution in [-0.4, -0.2) is 30.5 Å². The van der Waals surface area contributed by atoms with E-state index in [-0.39, 0.29) is 17.2 Å². The van der Waals surface area contributed by atoms with Crippen molar-refractivity contribution in [3.63, 3.8) is 0 Å². The Bertz CT molecular complexity index is 1310. The molecule has 0 saturated carbocycles. The van der Waals surface area contributed by atoms with E-state index in [1.807, 2.05) is 30.3 Å². The monoisotopic (exact) mass is 427 g/mol. The van der Waals surface area contributed by atoms with Gasteiger partial charge in [-0.25, -0.2) is 18.4 Å². The summed E-state index contributed by atoms with van der Waals surface area (Å²) in [6.45, 7) is 1.77. The molecule has 0 saturated heterocycles. The van der Waals surface area contributed by atoms with E-state index in [1.54, 1.807) is 19.1 Å². The first kappa shape index (κ1) is 19.3. The predicted octanol–water partition coefficient (Wildman–Crippen LogP) is 3.84. The van der Waals surface area contributed by atoms with Crippen LogP contribution in [0.25, 0.3) is 21.7 Å². The summed E-state index contributed by atoms with van der Waals surface area (Å²) in [5, 5.41) is 3.15. The van der Waals surface area contributed by atoms with Crippen LogP contribution in [0.1, 0.15) is 11.5 Å². The second-order valence-corrected chi connectivity index (χ2v) is 9.58. The number of thiazole rings is 1. The van der Waals surface area contributed by atoms with Gasteiger partial charge in [-0.15, -0.1) is 0 Å². The molecule has 29 heavy (non-hydrogen) atoms. The zero-order valence-corrected chi connectivity index (χ0v) is 17.3. The standard InChI is InChI=1S/C20H17N3O4S2/c1-12-16(21-19(27-12)13-6-4-3-5-7-13)11-18(24)23-20-22-15-9-8-14(29(2,25)26)10-17(15)28-20/h3-10H,11H2,1-2H3,(H,22,23,24). The fourth-order valence-electron chi connectivity index (χ4n) is 2.80. The van der Waals surface area contributed by atoms with Crippen molar-refractivity contribution in [2.24, 2.45) is 0 Å². The molecule has 4 rings (SSSR count). The molecular weight excluding hydrogens is 410 g/mol. The number of hydrogen-bond donors (Lipinski definition) is 1. The largest absolute Gasteiger partial charge is 0.441 e. The van der Waals surface area contributed by atoms with Gasteiger partial charge >= 0.3 is 0 Å². The number of aromatic nitrogens is 2. The van der Waals surface area contributed by atoms with Crippen molar-refractivity contribution < 1.29 is 17.6 Å². The Balaban J connectivity index is 1.51. The molecule has 0 bridgehead atoms. The number of nitrogens with zero attached hydrogens (tertiary/aromatic N) is 2. The third-order valence-corrected chi connectivity index (χ3v) is 6.32. The maximum absolute atomic E-state index is 12.5. The highest BCUT2D eigenvalue weighted by atomic mass is 32.2. The molecular formula is C20H17N3O4S2. The Morgan fingerprint density at radius 1 is 1.14 bits per heavy atom. The summed E-state index contributed by atoms with van der Waals surface area (Å²) in [6, 6.07) is 14.2. The predicted molar refractivity (Wildman–Crippen MR) is 112 cm³/mol. The summed E-state index contributed by atoms with van der Waals surface area (Å²) in [4.78, 5) is 21.5. The van der Waals surface area contributed by atoms with Crippen LogP contribution in [0, 0.1) is 6.92 Å². The van der Waals surface area contributed by atoms with Gasteiger partial charge in [0.05, 0.1) is 27.2 Å². The highest BCUT2D eigenvalue weighted by molar-refractivity contribution is 7.90. The summed E-state index contributed by atoms with van der Waals surface area (Å²) >= 11 is 1.22. The molecule has 1 N–H and O–H groups in total. The average Bonchev–Trinajstić information content (AvgIpc) is 3.24. The van der Waals surface area contributed by atoms with Crippen molar-refractivity contribution in [3.05, 3.63) is 60.0 Å². The Kier molecular flexibility index (Phi) is 4.93. The topological polar surface area (TPSA) is 102 Å². The molecule has 0 fully saturated rings. The smallest absolute Gasteiger partial charge is 0.232 e. The number of sulfone groups is 1. The third-order valence-electron chi connectivity index (χ3n) is 4.28. The molecule has 0 aliphatic heterocycles. The minimum atomic E-state index is -3.30. The zero-order valence-electron chi connectivity index (χ0n) is 15.7. The van der Waals surface area contributed by atoms with Crippen LogP contribution in [0.2, 0.25) is 0 Å². The first-order valence-electron chi connectivity index (χ1n) is 8.72. The van der Waals surface area contributed by atoms with Crippen molar-refractivity contribution in [3.8, 4) is 11.5 Å². The maximum Gasteiger partial charge on any atom is 0.232 e. The van der Waals surface area contributed by atoms with Crippen LogP contribution in [0.4, 0.5) is 5.13 Å². The molecule has 7 nitrogen and oxygen atoms in total. The molecule has 0 unspecified atom stereocenters. The van der Waals surface area contributed by atoms with Gasteiger partial charge in [0.2, 0.25) is 11.8 Å². The summed E-state index contributed by atoms with van der Waals surface area (Å²) in [5.74, 6) is 0.781. The van der Waals surface area contributed by atoms with Gasteiger partial charge in [-0.1, -0.05) is 29.5 Å². The van der Waals surface area contributed by atoms with Gasteiger partial charge in [0.1, 0.15) is 5.76 Å². The lowest BCUT2D eigenvalue weighted by Crippen LogP contribution is -2.14. The lowest BCUT2D eigenvalue weighted by atomic mass is 10.2. The molecule has 4 aromatic rings.